The van der Waals surface area contributed by atoms with E-state index in [1.165, 1.54) is 0 Å². The highest BCUT2D eigenvalue weighted by Crippen LogP contribution is 2.27. The van der Waals surface area contributed by atoms with Crippen LogP contribution in [-0.2, 0) is 14.3 Å². The van der Waals surface area contributed by atoms with E-state index in [9.17, 15) is 9.59 Å². The van der Waals surface area contributed by atoms with Crippen LogP contribution in [0.5, 0.6) is 0 Å². The van der Waals surface area contributed by atoms with Crippen molar-refractivity contribution in [3.8, 4) is 0 Å². The Morgan fingerprint density at radius 3 is 2.55 bits per heavy atom. The Balaban J connectivity index is 2.18. The molecule has 0 bridgehead atoms. The maximum atomic E-state index is 12.7. The number of carbonyl (C=O) groups is 2. The number of nitrogens with one attached hydrogen (secondary N) is 1. The van der Waals surface area contributed by atoms with Crippen LogP contribution in [0.25, 0.3) is 0 Å². The van der Waals surface area contributed by atoms with Gasteiger partial charge in [-0.05, 0) is 18.3 Å². The molecule has 20 heavy (non-hydrogen) atoms. The molecular formula is C15H26N2O3. The topological polar surface area (TPSA) is 58.6 Å². The zero-order chi connectivity index (χ0) is 14.9. The Morgan fingerprint density at radius 2 is 2.05 bits per heavy atom. The minimum absolute atomic E-state index is 0.0223. The first-order valence-electron chi connectivity index (χ1n) is 7.53. The Hall–Kier alpha value is -1.10. The molecule has 2 fully saturated rings. The molecule has 0 aromatic heterocycles. The number of ether oxygens (including phenoxy) is 1. The van der Waals surface area contributed by atoms with Gasteiger partial charge in [0.2, 0.25) is 11.8 Å². The molecule has 0 aliphatic carbocycles. The average Bonchev–Trinajstić information content (AvgIpc) is 2.85. The van der Waals surface area contributed by atoms with E-state index in [1.54, 1.807) is 4.90 Å². The van der Waals surface area contributed by atoms with Crippen molar-refractivity contribution in [1.29, 1.82) is 0 Å². The molecule has 2 aliphatic rings. The molecule has 3 unspecified atom stereocenters. The van der Waals surface area contributed by atoms with Crippen molar-refractivity contribution in [3.63, 3.8) is 0 Å². The van der Waals surface area contributed by atoms with E-state index in [-0.39, 0.29) is 23.3 Å². The fourth-order valence-electron chi connectivity index (χ4n) is 2.98. The van der Waals surface area contributed by atoms with Crippen molar-refractivity contribution in [3.05, 3.63) is 0 Å². The van der Waals surface area contributed by atoms with Gasteiger partial charge in [0.25, 0.3) is 0 Å². The van der Waals surface area contributed by atoms with Gasteiger partial charge in [-0.1, -0.05) is 27.7 Å². The third-order valence-electron chi connectivity index (χ3n) is 4.23. The lowest BCUT2D eigenvalue weighted by atomic mass is 9.83. The minimum atomic E-state index is -0.430. The SMILES string of the molecule is CCC1C(=O)NC(C(C)(C)C)C(=O)N1CC1CCOC1. The van der Waals surface area contributed by atoms with Crippen LogP contribution >= 0.6 is 0 Å². The van der Waals surface area contributed by atoms with Crippen molar-refractivity contribution in [2.75, 3.05) is 19.8 Å². The molecule has 0 radical (unpaired) electrons. The molecule has 5 nitrogen and oxygen atoms in total. The molecule has 0 aromatic rings. The molecule has 0 saturated carbocycles. The maximum absolute atomic E-state index is 12.7. The Labute approximate surface area is 121 Å². The molecule has 2 amide bonds. The number of carbonyl (C=O) groups excluding carboxylic acids is 2. The van der Waals surface area contributed by atoms with E-state index in [2.05, 4.69) is 5.32 Å². The molecule has 2 rings (SSSR count). The van der Waals surface area contributed by atoms with Crippen LogP contribution in [0.2, 0.25) is 0 Å². The predicted molar refractivity (Wildman–Crippen MR) is 76.1 cm³/mol. The minimum Gasteiger partial charge on any atom is -0.381 e. The summed E-state index contributed by atoms with van der Waals surface area (Å²) < 4.78 is 5.39. The van der Waals surface area contributed by atoms with E-state index in [4.69, 9.17) is 4.74 Å². The number of piperazine rings is 1. The monoisotopic (exact) mass is 282 g/mol. The summed E-state index contributed by atoms with van der Waals surface area (Å²) in [5.41, 5.74) is -0.268. The highest BCUT2D eigenvalue weighted by atomic mass is 16.5. The third-order valence-corrected chi connectivity index (χ3v) is 4.23. The highest BCUT2D eigenvalue weighted by molar-refractivity contribution is 5.97. The highest BCUT2D eigenvalue weighted by Gasteiger charge is 2.45. The van der Waals surface area contributed by atoms with Crippen molar-refractivity contribution >= 4 is 11.8 Å². The molecule has 0 aromatic carbocycles. The normalized spacial score (nSPS) is 31.6. The fraction of sp³-hybridized carbons (Fsp3) is 0.867. The van der Waals surface area contributed by atoms with Crippen LogP contribution in [0.1, 0.15) is 40.5 Å². The molecule has 5 heteroatoms. The summed E-state index contributed by atoms with van der Waals surface area (Å²) in [4.78, 5) is 26.8. The second-order valence-electron chi connectivity index (χ2n) is 6.95. The smallest absolute Gasteiger partial charge is 0.246 e. The molecular weight excluding hydrogens is 256 g/mol. The van der Waals surface area contributed by atoms with Crippen LogP contribution in [-0.4, -0.2) is 48.6 Å². The number of rotatable bonds is 3. The molecule has 2 aliphatic heterocycles. The van der Waals surface area contributed by atoms with Gasteiger partial charge in [0.05, 0.1) is 6.61 Å². The summed E-state index contributed by atoms with van der Waals surface area (Å²) >= 11 is 0. The number of amides is 2. The summed E-state index contributed by atoms with van der Waals surface area (Å²) in [5, 5.41) is 2.90. The van der Waals surface area contributed by atoms with Gasteiger partial charge in [0, 0.05) is 19.1 Å². The second kappa shape index (κ2) is 5.72. The lowest BCUT2D eigenvalue weighted by Gasteiger charge is -2.43. The van der Waals surface area contributed by atoms with Gasteiger partial charge in [-0.25, -0.2) is 0 Å². The summed E-state index contributed by atoms with van der Waals surface area (Å²) in [7, 11) is 0. The second-order valence-corrected chi connectivity index (χ2v) is 6.95. The number of nitrogens with zero attached hydrogens (tertiary/aromatic N) is 1. The Kier molecular flexibility index (Phi) is 4.37. The quantitative estimate of drug-likeness (QED) is 0.845. The van der Waals surface area contributed by atoms with Gasteiger partial charge in [-0.3, -0.25) is 9.59 Å². The average molecular weight is 282 g/mol. The van der Waals surface area contributed by atoms with Gasteiger partial charge < -0.3 is 15.0 Å². The van der Waals surface area contributed by atoms with Gasteiger partial charge in [-0.15, -0.1) is 0 Å². The van der Waals surface area contributed by atoms with Gasteiger partial charge in [0.1, 0.15) is 12.1 Å². The third kappa shape index (κ3) is 2.97. The van der Waals surface area contributed by atoms with Crippen LogP contribution in [0.3, 0.4) is 0 Å². The van der Waals surface area contributed by atoms with Crippen molar-refractivity contribution < 1.29 is 14.3 Å². The lowest BCUT2D eigenvalue weighted by molar-refractivity contribution is -0.153. The van der Waals surface area contributed by atoms with Crippen LogP contribution in [0, 0.1) is 11.3 Å². The molecule has 114 valence electrons. The number of hydrogen-bond acceptors (Lipinski definition) is 3. The molecule has 2 saturated heterocycles. The van der Waals surface area contributed by atoms with Crippen molar-refractivity contribution in [2.45, 2.75) is 52.6 Å². The zero-order valence-electron chi connectivity index (χ0n) is 12.9. The van der Waals surface area contributed by atoms with Crippen molar-refractivity contribution in [1.82, 2.24) is 10.2 Å². The lowest BCUT2D eigenvalue weighted by Crippen LogP contribution is -2.67. The summed E-state index contributed by atoms with van der Waals surface area (Å²) in [6, 6.07) is -0.762. The van der Waals surface area contributed by atoms with E-state index in [0.717, 1.165) is 13.0 Å². The first-order valence-corrected chi connectivity index (χ1v) is 7.53. The predicted octanol–water partition coefficient (Wildman–Crippen LogP) is 1.17. The summed E-state index contributed by atoms with van der Waals surface area (Å²) in [5.74, 6) is 0.390. The molecule has 1 N–H and O–H groups in total. The van der Waals surface area contributed by atoms with Crippen molar-refractivity contribution in [2.24, 2.45) is 11.3 Å². The molecule has 2 heterocycles. The van der Waals surface area contributed by atoms with Gasteiger partial charge in [0.15, 0.2) is 0 Å². The van der Waals surface area contributed by atoms with Crippen LogP contribution in [0.4, 0.5) is 0 Å². The molecule has 0 spiro atoms. The maximum Gasteiger partial charge on any atom is 0.246 e. The zero-order valence-corrected chi connectivity index (χ0v) is 12.9. The van der Waals surface area contributed by atoms with E-state index < -0.39 is 6.04 Å². The van der Waals surface area contributed by atoms with Gasteiger partial charge >= 0.3 is 0 Å². The summed E-state index contributed by atoms with van der Waals surface area (Å²) in [6.07, 6.45) is 1.63. The van der Waals surface area contributed by atoms with Crippen LogP contribution < -0.4 is 5.32 Å². The van der Waals surface area contributed by atoms with Crippen LogP contribution in [0.15, 0.2) is 0 Å². The summed E-state index contributed by atoms with van der Waals surface area (Å²) in [6.45, 7) is 10.0. The number of hydrogen-bond donors (Lipinski definition) is 1. The Morgan fingerprint density at radius 1 is 1.35 bits per heavy atom. The first-order chi connectivity index (χ1) is 9.34. The first kappa shape index (κ1) is 15.3. The molecule has 3 atom stereocenters. The van der Waals surface area contributed by atoms with E-state index in [0.29, 0.717) is 25.5 Å². The van der Waals surface area contributed by atoms with Gasteiger partial charge in [-0.2, -0.15) is 0 Å². The largest absolute Gasteiger partial charge is 0.381 e. The fourth-order valence-corrected chi connectivity index (χ4v) is 2.98. The Bertz CT molecular complexity index is 383. The standard InChI is InChI=1S/C15H26N2O3/c1-5-11-13(18)16-12(15(2,3)4)14(19)17(11)8-10-6-7-20-9-10/h10-12H,5-9H2,1-4H3,(H,16,18). The van der Waals surface area contributed by atoms with E-state index >= 15 is 0 Å². The van der Waals surface area contributed by atoms with E-state index in [1.807, 2.05) is 27.7 Å².